The van der Waals surface area contributed by atoms with Gasteiger partial charge in [-0.15, -0.1) is 17.8 Å². The van der Waals surface area contributed by atoms with Crippen LogP contribution < -0.4 is 0 Å². The molecular formula is C6H5NS. The fourth-order valence-electron chi connectivity index (χ4n) is 0.428. The molecule has 0 radical (unpaired) electrons. The number of thiazole rings is 1. The zero-order chi connectivity index (χ0) is 5.82. The smallest absolute Gasteiger partial charge is 0.104 e. The number of hydrogen-bond donors (Lipinski definition) is 0. The van der Waals surface area contributed by atoms with Crippen molar-refractivity contribution < 1.29 is 0 Å². The molecule has 0 bridgehead atoms. The fraction of sp³-hybridized carbons (Fsp3) is 0.167. The first-order chi connectivity index (χ1) is 3.93. The van der Waals surface area contributed by atoms with Crippen molar-refractivity contribution in [1.82, 2.24) is 4.98 Å². The lowest BCUT2D eigenvalue weighted by Gasteiger charge is -1.77. The molecule has 0 aliphatic heterocycles. The molecule has 0 saturated carbocycles. The number of rotatable bonds is 1. The minimum Gasteiger partial charge on any atom is -0.249 e. The van der Waals surface area contributed by atoms with Gasteiger partial charge in [-0.05, 0) is 0 Å². The van der Waals surface area contributed by atoms with Crippen molar-refractivity contribution in [3.8, 4) is 12.3 Å². The Morgan fingerprint density at radius 2 is 2.75 bits per heavy atom. The molecule has 0 aliphatic rings. The Hall–Kier alpha value is -0.810. The second-order valence-corrected chi connectivity index (χ2v) is 2.29. The third-order valence-electron chi connectivity index (χ3n) is 0.737. The van der Waals surface area contributed by atoms with Crippen LogP contribution >= 0.6 is 11.3 Å². The van der Waals surface area contributed by atoms with E-state index in [9.17, 15) is 0 Å². The molecule has 40 valence electrons. The van der Waals surface area contributed by atoms with Gasteiger partial charge >= 0.3 is 0 Å². The zero-order valence-corrected chi connectivity index (χ0v) is 5.11. The Balaban J connectivity index is 2.67. The molecular weight excluding hydrogens is 118 g/mol. The molecule has 8 heavy (non-hydrogen) atoms. The Bertz CT molecular complexity index is 183. The van der Waals surface area contributed by atoms with Crippen molar-refractivity contribution in [3.05, 3.63) is 16.6 Å². The summed E-state index contributed by atoms with van der Waals surface area (Å²) in [5.41, 5.74) is 0. The number of hydrogen-bond acceptors (Lipinski definition) is 2. The summed E-state index contributed by atoms with van der Waals surface area (Å²) in [5.74, 6) is 2.52. The largest absolute Gasteiger partial charge is 0.249 e. The van der Waals surface area contributed by atoms with Crippen molar-refractivity contribution in [1.29, 1.82) is 0 Å². The van der Waals surface area contributed by atoms with Crippen molar-refractivity contribution in [2.45, 2.75) is 6.42 Å². The van der Waals surface area contributed by atoms with Crippen LogP contribution in [0.2, 0.25) is 0 Å². The van der Waals surface area contributed by atoms with Crippen LogP contribution in [0.1, 0.15) is 5.01 Å². The van der Waals surface area contributed by atoms with Gasteiger partial charge in [0.25, 0.3) is 0 Å². The van der Waals surface area contributed by atoms with E-state index in [1.165, 1.54) is 0 Å². The third kappa shape index (κ3) is 1.08. The van der Waals surface area contributed by atoms with E-state index in [0.29, 0.717) is 6.42 Å². The van der Waals surface area contributed by atoms with Crippen LogP contribution in [0.15, 0.2) is 11.6 Å². The Morgan fingerprint density at radius 3 is 3.25 bits per heavy atom. The highest BCUT2D eigenvalue weighted by atomic mass is 32.1. The zero-order valence-electron chi connectivity index (χ0n) is 4.29. The highest BCUT2D eigenvalue weighted by Crippen LogP contribution is 2.02. The summed E-state index contributed by atoms with van der Waals surface area (Å²) in [6.45, 7) is 0. The maximum absolute atomic E-state index is 5.04. The van der Waals surface area contributed by atoms with Gasteiger partial charge in [-0.1, -0.05) is 5.92 Å². The molecule has 1 nitrogen and oxygen atoms in total. The fourth-order valence-corrected chi connectivity index (χ4v) is 0.995. The molecule has 0 amide bonds. The van der Waals surface area contributed by atoms with Crippen LogP contribution in [-0.4, -0.2) is 4.98 Å². The molecule has 0 atom stereocenters. The van der Waals surface area contributed by atoms with Crippen molar-refractivity contribution in [2.24, 2.45) is 0 Å². The Labute approximate surface area is 52.4 Å². The van der Waals surface area contributed by atoms with Gasteiger partial charge in [0.1, 0.15) is 5.01 Å². The standard InChI is InChI=1S/C6H5NS/c1-2-3-6-7-4-5-8-6/h1,4-5H,3H2. The minimum absolute atomic E-state index is 0.664. The topological polar surface area (TPSA) is 12.9 Å². The number of nitrogens with zero attached hydrogens (tertiary/aromatic N) is 1. The Morgan fingerprint density at radius 1 is 1.88 bits per heavy atom. The summed E-state index contributed by atoms with van der Waals surface area (Å²) < 4.78 is 0. The molecule has 0 fully saturated rings. The van der Waals surface area contributed by atoms with E-state index >= 15 is 0 Å². The first-order valence-electron chi connectivity index (χ1n) is 2.25. The highest BCUT2D eigenvalue weighted by Gasteiger charge is 1.87. The van der Waals surface area contributed by atoms with Crippen molar-refractivity contribution >= 4 is 11.3 Å². The van der Waals surface area contributed by atoms with E-state index in [1.54, 1.807) is 17.5 Å². The van der Waals surface area contributed by atoms with E-state index in [1.807, 2.05) is 5.38 Å². The van der Waals surface area contributed by atoms with E-state index in [0.717, 1.165) is 5.01 Å². The summed E-state index contributed by atoms with van der Waals surface area (Å²) in [4.78, 5) is 3.98. The summed E-state index contributed by atoms with van der Waals surface area (Å²) in [7, 11) is 0. The third-order valence-corrected chi connectivity index (χ3v) is 1.52. The lowest BCUT2D eigenvalue weighted by molar-refractivity contribution is 1.22. The lowest BCUT2D eigenvalue weighted by Crippen LogP contribution is -1.74. The summed E-state index contributed by atoms with van der Waals surface area (Å²) in [5, 5.41) is 2.94. The first-order valence-corrected chi connectivity index (χ1v) is 3.13. The van der Waals surface area contributed by atoms with Gasteiger partial charge in [-0.2, -0.15) is 0 Å². The van der Waals surface area contributed by atoms with Crippen LogP contribution in [0.4, 0.5) is 0 Å². The quantitative estimate of drug-likeness (QED) is 0.513. The predicted molar refractivity (Wildman–Crippen MR) is 34.7 cm³/mol. The number of aromatic nitrogens is 1. The van der Waals surface area contributed by atoms with Crippen LogP contribution in [0.25, 0.3) is 0 Å². The number of terminal acetylenes is 1. The van der Waals surface area contributed by atoms with E-state index in [2.05, 4.69) is 10.9 Å². The summed E-state index contributed by atoms with van der Waals surface area (Å²) in [6.07, 6.45) is 7.46. The van der Waals surface area contributed by atoms with Crippen LogP contribution in [-0.2, 0) is 6.42 Å². The van der Waals surface area contributed by atoms with Gasteiger partial charge in [0.2, 0.25) is 0 Å². The molecule has 0 N–H and O–H groups in total. The SMILES string of the molecule is C#CCc1nccs1. The summed E-state index contributed by atoms with van der Waals surface area (Å²) >= 11 is 1.59. The molecule has 1 heterocycles. The Kier molecular flexibility index (Phi) is 1.66. The average molecular weight is 123 g/mol. The minimum atomic E-state index is 0.664. The van der Waals surface area contributed by atoms with Gasteiger partial charge < -0.3 is 0 Å². The van der Waals surface area contributed by atoms with Crippen molar-refractivity contribution in [3.63, 3.8) is 0 Å². The van der Waals surface area contributed by atoms with E-state index in [-0.39, 0.29) is 0 Å². The first kappa shape index (κ1) is 5.33. The predicted octanol–water partition coefficient (Wildman–Crippen LogP) is 1.32. The normalized spacial score (nSPS) is 8.38. The lowest BCUT2D eigenvalue weighted by atomic mass is 10.5. The molecule has 1 rings (SSSR count). The monoisotopic (exact) mass is 123 g/mol. The molecule has 1 aromatic rings. The van der Waals surface area contributed by atoms with Crippen molar-refractivity contribution in [2.75, 3.05) is 0 Å². The maximum atomic E-state index is 5.04. The van der Waals surface area contributed by atoms with E-state index in [4.69, 9.17) is 6.42 Å². The molecule has 0 aliphatic carbocycles. The molecule has 0 spiro atoms. The van der Waals surface area contributed by atoms with Gasteiger partial charge in [0, 0.05) is 11.6 Å². The van der Waals surface area contributed by atoms with Crippen LogP contribution in [0, 0.1) is 12.3 Å². The maximum Gasteiger partial charge on any atom is 0.104 e. The van der Waals surface area contributed by atoms with Gasteiger partial charge in [-0.3, -0.25) is 0 Å². The molecule has 0 unspecified atom stereocenters. The second-order valence-electron chi connectivity index (χ2n) is 1.31. The second kappa shape index (κ2) is 2.49. The van der Waals surface area contributed by atoms with Gasteiger partial charge in [-0.25, -0.2) is 4.98 Å². The van der Waals surface area contributed by atoms with Crippen LogP contribution in [0.5, 0.6) is 0 Å². The molecule has 2 heteroatoms. The van der Waals surface area contributed by atoms with Crippen LogP contribution in [0.3, 0.4) is 0 Å². The molecule has 0 aromatic carbocycles. The average Bonchev–Trinajstić information content (AvgIpc) is 2.19. The molecule has 1 aromatic heterocycles. The molecule has 0 saturated heterocycles. The van der Waals surface area contributed by atoms with Gasteiger partial charge in [0.15, 0.2) is 0 Å². The summed E-state index contributed by atoms with van der Waals surface area (Å²) in [6, 6.07) is 0. The van der Waals surface area contributed by atoms with E-state index < -0.39 is 0 Å². The highest BCUT2D eigenvalue weighted by molar-refractivity contribution is 7.09. The van der Waals surface area contributed by atoms with Gasteiger partial charge in [0.05, 0.1) is 6.42 Å².